The highest BCUT2D eigenvalue weighted by Gasteiger charge is 2.47. The second kappa shape index (κ2) is 12.9. The first-order valence-corrected chi connectivity index (χ1v) is 12.9. The van der Waals surface area contributed by atoms with Gasteiger partial charge in [-0.05, 0) is 118 Å². The first kappa shape index (κ1) is 29.7. The average molecular weight is 469 g/mol. The van der Waals surface area contributed by atoms with Crippen molar-refractivity contribution in [3.8, 4) is 0 Å². The number of halogens is 3. The van der Waals surface area contributed by atoms with Crippen molar-refractivity contribution in [2.24, 2.45) is 47.3 Å². The van der Waals surface area contributed by atoms with Crippen LogP contribution in [0.15, 0.2) is 0 Å². The summed E-state index contributed by atoms with van der Waals surface area (Å²) in [5, 5.41) is 0. The Hall–Kier alpha value is -0.330. The molecule has 32 heavy (non-hydrogen) atoms. The summed E-state index contributed by atoms with van der Waals surface area (Å²) < 4.78 is 44.6. The molecule has 6 N–H and O–H groups in total. The molecule has 0 radical (unpaired) electrons. The van der Waals surface area contributed by atoms with Crippen LogP contribution in [0.25, 0.3) is 0 Å². The summed E-state index contributed by atoms with van der Waals surface area (Å²) in [6, 6.07) is 0. The molecule has 194 valence electrons. The van der Waals surface area contributed by atoms with Gasteiger partial charge < -0.3 is 16.4 Å². The minimum atomic E-state index is -1.36. The van der Waals surface area contributed by atoms with E-state index in [1.807, 2.05) is 6.92 Å². The van der Waals surface area contributed by atoms with Crippen molar-refractivity contribution in [1.29, 1.82) is 0 Å². The van der Waals surface area contributed by atoms with Crippen LogP contribution < -0.4 is 0 Å². The molecule has 0 heterocycles. The maximum atomic E-state index is 15.2. The van der Waals surface area contributed by atoms with E-state index in [0.29, 0.717) is 12.3 Å². The molecule has 0 amide bonds. The van der Waals surface area contributed by atoms with Crippen LogP contribution in [0.1, 0.15) is 98.7 Å². The van der Waals surface area contributed by atoms with Gasteiger partial charge in [0.25, 0.3) is 0 Å². The maximum absolute atomic E-state index is 15.2. The lowest BCUT2D eigenvalue weighted by atomic mass is 9.62. The van der Waals surface area contributed by atoms with Crippen molar-refractivity contribution in [2.75, 3.05) is 0 Å². The third kappa shape index (κ3) is 6.41. The van der Waals surface area contributed by atoms with E-state index in [0.717, 1.165) is 56.3 Å². The molecule has 4 aliphatic carbocycles. The van der Waals surface area contributed by atoms with Gasteiger partial charge in [0.15, 0.2) is 0 Å². The van der Waals surface area contributed by atoms with Gasteiger partial charge in [-0.15, -0.1) is 0 Å². The highest BCUT2D eigenvalue weighted by atomic mass is 19.2. The van der Waals surface area contributed by atoms with E-state index in [-0.39, 0.29) is 41.5 Å². The molecule has 7 unspecified atom stereocenters. The van der Waals surface area contributed by atoms with Gasteiger partial charge in [-0.3, -0.25) is 0 Å². The predicted molar refractivity (Wildman–Crippen MR) is 127 cm³/mol. The van der Waals surface area contributed by atoms with Crippen LogP contribution in [-0.2, 0) is 0 Å². The normalized spacial score (nSPS) is 47.3. The molecule has 7 atom stereocenters. The zero-order valence-electron chi connectivity index (χ0n) is 20.2. The Kier molecular flexibility index (Phi) is 12.0. The fourth-order valence-electron chi connectivity index (χ4n) is 7.65. The number of hydrogen-bond acceptors (Lipinski definition) is 0. The Morgan fingerprint density at radius 3 is 1.41 bits per heavy atom. The van der Waals surface area contributed by atoms with Gasteiger partial charge in [0.2, 0.25) is 0 Å². The second-order valence-electron chi connectivity index (χ2n) is 11.6. The molecule has 6 heteroatoms. The van der Waals surface area contributed by atoms with Crippen molar-refractivity contribution >= 4 is 0 Å². The van der Waals surface area contributed by atoms with Crippen LogP contribution in [0.2, 0.25) is 0 Å². The van der Waals surface area contributed by atoms with Crippen LogP contribution in [0.3, 0.4) is 0 Å². The number of alkyl halides is 3. The monoisotopic (exact) mass is 468 g/mol. The lowest BCUT2D eigenvalue weighted by molar-refractivity contribution is -0.0451. The topological polar surface area (TPSA) is 94.5 Å². The minimum absolute atomic E-state index is 0. The van der Waals surface area contributed by atoms with Gasteiger partial charge in [-0.25, -0.2) is 13.2 Å². The summed E-state index contributed by atoms with van der Waals surface area (Å²) in [4.78, 5) is 0. The molecule has 4 fully saturated rings. The van der Waals surface area contributed by atoms with Gasteiger partial charge in [0, 0.05) is 1.43 Å². The lowest BCUT2D eigenvalue weighted by Crippen LogP contribution is -2.46. The fraction of sp³-hybridized carbons (Fsp3) is 1.00. The minimum Gasteiger partial charge on any atom is -0.412 e. The Morgan fingerprint density at radius 1 is 0.500 bits per heavy atom. The molecule has 4 aliphatic rings. The van der Waals surface area contributed by atoms with Crippen molar-refractivity contribution in [3.05, 3.63) is 0 Å². The summed E-state index contributed by atoms with van der Waals surface area (Å²) in [7, 11) is 0. The van der Waals surface area contributed by atoms with E-state index in [9.17, 15) is 4.39 Å². The maximum Gasteiger partial charge on any atom is 0.134 e. The van der Waals surface area contributed by atoms with Gasteiger partial charge in [0.1, 0.15) is 18.5 Å². The fourth-order valence-corrected chi connectivity index (χ4v) is 7.65. The number of hydrogen-bond donors (Lipinski definition) is 0. The van der Waals surface area contributed by atoms with Crippen LogP contribution in [0.5, 0.6) is 0 Å². The average Bonchev–Trinajstić information content (AvgIpc) is 2.73. The summed E-state index contributed by atoms with van der Waals surface area (Å²) in [6.45, 7) is 4.33. The Labute approximate surface area is 194 Å². The van der Waals surface area contributed by atoms with E-state index in [2.05, 4.69) is 6.92 Å². The number of rotatable bonds is 3. The zero-order chi connectivity index (χ0) is 20.5. The first-order valence-electron chi connectivity index (χ1n) is 12.9. The summed E-state index contributed by atoms with van der Waals surface area (Å²) in [5.41, 5.74) is 0. The first-order chi connectivity index (χ1) is 13.9. The lowest BCUT2D eigenvalue weighted by Gasteiger charge is -2.45. The van der Waals surface area contributed by atoms with Crippen molar-refractivity contribution in [2.45, 2.75) is 116 Å². The molecule has 0 bridgehead atoms. The van der Waals surface area contributed by atoms with Crippen molar-refractivity contribution in [1.82, 2.24) is 0 Å². The molecule has 4 rings (SSSR count). The smallest absolute Gasteiger partial charge is 0.134 e. The molecule has 0 aromatic rings. The molecule has 0 aromatic heterocycles. The Bertz CT molecular complexity index is 527. The SMILES string of the molecule is CC1CCC(C2CCC(C3CCC(C4CCC(C)C(F)C4)C(F)C3F)CC2)CC1.O.O.O.[HH]. The molecule has 3 nitrogen and oxygen atoms in total. The van der Waals surface area contributed by atoms with Crippen LogP contribution >= 0.6 is 0 Å². The highest BCUT2D eigenvalue weighted by molar-refractivity contribution is 4.96. The van der Waals surface area contributed by atoms with E-state index in [1.165, 1.54) is 38.5 Å². The van der Waals surface area contributed by atoms with E-state index < -0.39 is 18.5 Å². The molecule has 0 spiro atoms. The Balaban J connectivity index is 0.00000256. The quantitative estimate of drug-likeness (QED) is 0.495. The predicted octanol–water partition coefficient (Wildman–Crippen LogP) is 5.87. The van der Waals surface area contributed by atoms with Crippen LogP contribution in [0, 0.1) is 47.3 Å². The van der Waals surface area contributed by atoms with Gasteiger partial charge >= 0.3 is 0 Å². The third-order valence-electron chi connectivity index (χ3n) is 9.85. The summed E-state index contributed by atoms with van der Waals surface area (Å²) in [5.74, 6) is 2.81. The molecule has 0 aromatic carbocycles. The second-order valence-corrected chi connectivity index (χ2v) is 11.6. The molecule has 4 saturated carbocycles. The van der Waals surface area contributed by atoms with E-state index in [4.69, 9.17) is 0 Å². The summed E-state index contributed by atoms with van der Waals surface area (Å²) >= 11 is 0. The van der Waals surface area contributed by atoms with Crippen LogP contribution in [0.4, 0.5) is 13.2 Å². The van der Waals surface area contributed by atoms with Crippen molar-refractivity contribution in [3.63, 3.8) is 0 Å². The largest absolute Gasteiger partial charge is 0.412 e. The zero-order valence-corrected chi connectivity index (χ0v) is 20.2. The van der Waals surface area contributed by atoms with Crippen LogP contribution in [-0.4, -0.2) is 34.9 Å². The van der Waals surface area contributed by atoms with E-state index in [1.54, 1.807) is 0 Å². The molecule has 0 saturated heterocycles. The molecular formula is C26H51F3O3. The standard InChI is InChI=1S/C26H43F3.3H2O.H2/c1-16-3-6-18(7-4-16)19-9-11-20(12-10-19)22-13-14-23(26(29)25(22)28)21-8-5-17(2)24(27)15-21;;;;/h16-26H,3-15H2,1-2H3;3*1H2;1H. The summed E-state index contributed by atoms with van der Waals surface area (Å²) in [6.07, 6.45) is 10.5. The van der Waals surface area contributed by atoms with E-state index >= 15 is 8.78 Å². The van der Waals surface area contributed by atoms with Gasteiger partial charge in [0.05, 0.1) is 0 Å². The Morgan fingerprint density at radius 2 is 0.906 bits per heavy atom. The van der Waals surface area contributed by atoms with Crippen molar-refractivity contribution < 1.29 is 31.0 Å². The highest BCUT2D eigenvalue weighted by Crippen LogP contribution is 2.50. The third-order valence-corrected chi connectivity index (χ3v) is 9.85. The molecular weight excluding hydrogens is 417 g/mol. The van der Waals surface area contributed by atoms with Gasteiger partial charge in [-0.2, -0.15) is 0 Å². The van der Waals surface area contributed by atoms with Gasteiger partial charge in [-0.1, -0.05) is 26.7 Å². The molecule has 0 aliphatic heterocycles.